The highest BCUT2D eigenvalue weighted by Gasteiger charge is 2.80. The van der Waals surface area contributed by atoms with Gasteiger partial charge in [-0.1, -0.05) is 49.6 Å². The van der Waals surface area contributed by atoms with Gasteiger partial charge >= 0.3 is 0 Å². The van der Waals surface area contributed by atoms with Crippen LogP contribution in [0.4, 0.5) is 0 Å². The molecule has 5 aliphatic rings. The number of benzene rings is 1. The maximum atomic E-state index is 12.3. The van der Waals surface area contributed by atoms with Gasteiger partial charge in [0.05, 0.1) is 5.41 Å². The molecule has 4 aliphatic carbocycles. The molecular formula is C24H35N3O. The van der Waals surface area contributed by atoms with E-state index in [2.05, 4.69) is 42.3 Å². The normalized spacial score (nSPS) is 43.8. The molecule has 1 aromatic carbocycles. The summed E-state index contributed by atoms with van der Waals surface area (Å²) in [6, 6.07) is 12.7. The number of primary amides is 1. The summed E-state index contributed by atoms with van der Waals surface area (Å²) in [5.74, 6) is -0.0506. The van der Waals surface area contributed by atoms with E-state index in [1.54, 1.807) is 0 Å². The second-order valence-corrected chi connectivity index (χ2v) is 10.4. The first-order valence-electron chi connectivity index (χ1n) is 11.3. The number of carbonyl (C=O) groups is 1. The average molecular weight is 382 g/mol. The second kappa shape index (κ2) is 6.30. The van der Waals surface area contributed by atoms with E-state index in [0.717, 1.165) is 19.3 Å². The standard InChI is InChI=1S/C18H22N2O.C6H13N/c1-20-13-7-16(15(19)21)10-17(12-5-3-2-4-6-12)9-14(20)18(17,8-13)11-16;7-6-4-2-1-3-5-6/h2-6,13-14H,7-11H2,1H3,(H2,19,21);6H,1-5,7H2. The fraction of sp³-hybridized carbons (Fsp3) is 0.708. The van der Waals surface area contributed by atoms with Crippen LogP contribution in [0.25, 0.3) is 0 Å². The Balaban J connectivity index is 0.000000208. The topological polar surface area (TPSA) is 72.3 Å². The summed E-state index contributed by atoms with van der Waals surface area (Å²) in [6.45, 7) is 0. The molecule has 0 aromatic heterocycles. The van der Waals surface area contributed by atoms with Gasteiger partial charge in [0.25, 0.3) is 0 Å². The maximum absolute atomic E-state index is 12.3. The smallest absolute Gasteiger partial charge is 0.223 e. The van der Waals surface area contributed by atoms with Gasteiger partial charge in [-0.05, 0) is 63.0 Å². The molecule has 3 bridgehead atoms. The molecule has 1 spiro atoms. The number of amides is 1. The molecule has 5 atom stereocenters. The first-order valence-corrected chi connectivity index (χ1v) is 11.3. The SMILES string of the molecule is CN1C2CC3(C(N)=O)CC4(c5ccccc5)CC1C4(C2)C3.NC1CCCCC1. The van der Waals surface area contributed by atoms with Crippen molar-refractivity contribution in [3.63, 3.8) is 0 Å². The Morgan fingerprint density at radius 1 is 1.04 bits per heavy atom. The summed E-state index contributed by atoms with van der Waals surface area (Å²) in [5, 5.41) is 0. The zero-order valence-corrected chi connectivity index (χ0v) is 17.2. The van der Waals surface area contributed by atoms with Crippen molar-refractivity contribution >= 4 is 5.91 Å². The van der Waals surface area contributed by atoms with Crippen LogP contribution in [0.1, 0.15) is 69.8 Å². The van der Waals surface area contributed by atoms with Crippen LogP contribution in [0.2, 0.25) is 0 Å². The van der Waals surface area contributed by atoms with Crippen LogP contribution < -0.4 is 11.5 Å². The molecule has 1 amide bonds. The van der Waals surface area contributed by atoms with Gasteiger partial charge in [-0.3, -0.25) is 9.69 Å². The third-order valence-electron chi connectivity index (χ3n) is 9.22. The number of nitrogens with zero attached hydrogens (tertiary/aromatic N) is 1. The lowest BCUT2D eigenvalue weighted by Gasteiger charge is -2.60. The van der Waals surface area contributed by atoms with Crippen LogP contribution in [-0.2, 0) is 10.2 Å². The van der Waals surface area contributed by atoms with Gasteiger partial charge in [0, 0.05) is 23.5 Å². The molecule has 4 heteroatoms. The summed E-state index contributed by atoms with van der Waals surface area (Å²) in [4.78, 5) is 14.9. The zero-order valence-electron chi connectivity index (χ0n) is 17.2. The zero-order chi connectivity index (χ0) is 19.6. The Morgan fingerprint density at radius 2 is 1.75 bits per heavy atom. The number of carbonyl (C=O) groups excluding carboxylic acids is 1. The minimum Gasteiger partial charge on any atom is -0.369 e. The van der Waals surface area contributed by atoms with E-state index in [1.807, 2.05) is 0 Å². The summed E-state index contributed by atoms with van der Waals surface area (Å²) in [6.07, 6.45) is 12.1. The number of hydrogen-bond donors (Lipinski definition) is 2. The van der Waals surface area contributed by atoms with E-state index >= 15 is 0 Å². The number of likely N-dealkylation sites (tertiary alicyclic amines) is 1. The van der Waals surface area contributed by atoms with Crippen LogP contribution in [0.15, 0.2) is 30.3 Å². The largest absolute Gasteiger partial charge is 0.369 e. The Kier molecular flexibility index (Phi) is 4.19. The van der Waals surface area contributed by atoms with Crippen molar-refractivity contribution in [2.75, 3.05) is 7.05 Å². The lowest BCUT2D eigenvalue weighted by molar-refractivity contribution is -0.129. The fourth-order valence-corrected chi connectivity index (χ4v) is 7.94. The van der Waals surface area contributed by atoms with Crippen LogP contribution in [-0.4, -0.2) is 36.0 Å². The molecule has 1 aromatic rings. The highest BCUT2D eigenvalue weighted by molar-refractivity contribution is 5.83. The molecular weight excluding hydrogens is 346 g/mol. The van der Waals surface area contributed by atoms with Gasteiger partial charge in [-0.25, -0.2) is 0 Å². The Labute approximate surface area is 169 Å². The first kappa shape index (κ1) is 18.6. The molecule has 6 rings (SSSR count). The van der Waals surface area contributed by atoms with Crippen molar-refractivity contribution in [3.05, 3.63) is 35.9 Å². The fourth-order valence-electron chi connectivity index (χ4n) is 7.94. The third-order valence-corrected chi connectivity index (χ3v) is 9.22. The number of nitrogens with two attached hydrogens (primary N) is 2. The van der Waals surface area contributed by atoms with E-state index < -0.39 is 0 Å². The van der Waals surface area contributed by atoms with Crippen LogP contribution >= 0.6 is 0 Å². The van der Waals surface area contributed by atoms with Crippen LogP contribution in [0, 0.1) is 10.8 Å². The van der Waals surface area contributed by atoms with E-state index in [4.69, 9.17) is 11.5 Å². The third kappa shape index (κ3) is 2.34. The van der Waals surface area contributed by atoms with Gasteiger partial charge in [0.1, 0.15) is 0 Å². The van der Waals surface area contributed by atoms with Crippen molar-refractivity contribution in [3.8, 4) is 0 Å². The lowest BCUT2D eigenvalue weighted by Crippen LogP contribution is -2.62. The average Bonchev–Trinajstić information content (AvgIpc) is 2.96. The van der Waals surface area contributed by atoms with E-state index in [0.29, 0.717) is 23.5 Å². The van der Waals surface area contributed by atoms with Crippen molar-refractivity contribution in [2.24, 2.45) is 22.3 Å². The molecule has 1 heterocycles. The van der Waals surface area contributed by atoms with Gasteiger partial charge in [-0.2, -0.15) is 0 Å². The van der Waals surface area contributed by atoms with Crippen molar-refractivity contribution in [1.82, 2.24) is 4.90 Å². The maximum Gasteiger partial charge on any atom is 0.223 e. The monoisotopic (exact) mass is 381 g/mol. The molecule has 152 valence electrons. The van der Waals surface area contributed by atoms with Crippen molar-refractivity contribution in [1.29, 1.82) is 0 Å². The molecule has 1 aliphatic heterocycles. The highest BCUT2D eigenvalue weighted by atomic mass is 16.1. The Bertz CT molecular complexity index is 760. The lowest BCUT2D eigenvalue weighted by atomic mass is 9.46. The molecule has 1 saturated heterocycles. The summed E-state index contributed by atoms with van der Waals surface area (Å²) >= 11 is 0. The minimum atomic E-state index is -0.252. The highest BCUT2D eigenvalue weighted by Crippen LogP contribution is 2.80. The first-order chi connectivity index (χ1) is 13.4. The summed E-state index contributed by atoms with van der Waals surface area (Å²) in [5.41, 5.74) is 13.2. The quantitative estimate of drug-likeness (QED) is 0.825. The molecule has 4 saturated carbocycles. The van der Waals surface area contributed by atoms with E-state index in [-0.39, 0.29) is 16.7 Å². The Morgan fingerprint density at radius 3 is 2.36 bits per heavy atom. The van der Waals surface area contributed by atoms with E-state index in [9.17, 15) is 4.79 Å². The molecule has 4 nitrogen and oxygen atoms in total. The van der Waals surface area contributed by atoms with Gasteiger partial charge in [0.15, 0.2) is 0 Å². The number of hydrogen-bond acceptors (Lipinski definition) is 3. The van der Waals surface area contributed by atoms with Crippen LogP contribution in [0.5, 0.6) is 0 Å². The van der Waals surface area contributed by atoms with E-state index in [1.165, 1.54) is 50.5 Å². The van der Waals surface area contributed by atoms with Crippen molar-refractivity contribution < 1.29 is 4.79 Å². The predicted octanol–water partition coefficient (Wildman–Crippen LogP) is 3.33. The molecule has 28 heavy (non-hydrogen) atoms. The van der Waals surface area contributed by atoms with Gasteiger partial charge in [0.2, 0.25) is 5.91 Å². The number of rotatable bonds is 2. The molecule has 4 N–H and O–H groups in total. The van der Waals surface area contributed by atoms with Crippen LogP contribution in [0.3, 0.4) is 0 Å². The molecule has 5 unspecified atom stereocenters. The van der Waals surface area contributed by atoms with Gasteiger partial charge in [-0.15, -0.1) is 0 Å². The second-order valence-electron chi connectivity index (χ2n) is 10.4. The molecule has 5 fully saturated rings. The summed E-state index contributed by atoms with van der Waals surface area (Å²) in [7, 11) is 2.26. The van der Waals surface area contributed by atoms with Gasteiger partial charge < -0.3 is 11.5 Å². The summed E-state index contributed by atoms with van der Waals surface area (Å²) < 4.78 is 0. The predicted molar refractivity (Wildman–Crippen MR) is 112 cm³/mol. The number of fused-ring (bicyclic) bond motifs is 2. The molecule has 0 radical (unpaired) electrons. The minimum absolute atomic E-state index is 0.0506. The Hall–Kier alpha value is -1.39. The van der Waals surface area contributed by atoms with Crippen molar-refractivity contribution in [2.45, 2.75) is 87.7 Å².